The predicted molar refractivity (Wildman–Crippen MR) is 134 cm³/mol. The van der Waals surface area contributed by atoms with Gasteiger partial charge in [0.15, 0.2) is 5.82 Å². The Bertz CT molecular complexity index is 1270. The molecule has 34 heavy (non-hydrogen) atoms. The molecule has 4 aliphatic rings. The molecule has 0 unspecified atom stereocenters. The first-order valence-corrected chi connectivity index (χ1v) is 12.6. The van der Waals surface area contributed by atoms with Crippen molar-refractivity contribution >= 4 is 16.6 Å². The van der Waals surface area contributed by atoms with Gasteiger partial charge in [0.1, 0.15) is 5.69 Å². The summed E-state index contributed by atoms with van der Waals surface area (Å²) in [5.74, 6) is 0.592. The standard InChI is InChI=1S/C27H33N5O2/c1-19-4-2-5-24(28-19)25-29-23-7-6-21(31-15-14-30-12-8-20(31)9-13-30)16-22(23)26(34)32(25)17-27(18-33)10-3-11-27/h2,4-7,16,20,33H,3,8-15,17-18H2,1H3. The zero-order valence-electron chi connectivity index (χ0n) is 19.9. The Morgan fingerprint density at radius 3 is 2.59 bits per heavy atom. The van der Waals surface area contributed by atoms with E-state index in [1.165, 1.54) is 25.9 Å². The number of hydrogen-bond acceptors (Lipinski definition) is 6. The number of aryl methyl sites for hydroxylation is 1. The second-order valence-electron chi connectivity index (χ2n) is 10.5. The monoisotopic (exact) mass is 459 g/mol. The molecule has 1 aliphatic carbocycles. The van der Waals surface area contributed by atoms with Crippen LogP contribution >= 0.6 is 0 Å². The number of nitrogens with zero attached hydrogens (tertiary/aromatic N) is 5. The Balaban J connectivity index is 1.49. The molecular formula is C27H33N5O2. The van der Waals surface area contributed by atoms with Crippen LogP contribution in [0.2, 0.25) is 0 Å². The van der Waals surface area contributed by atoms with Gasteiger partial charge in [0.05, 0.1) is 17.5 Å². The number of pyridine rings is 1. The van der Waals surface area contributed by atoms with E-state index in [0.717, 1.165) is 43.7 Å². The molecule has 0 atom stereocenters. The highest BCUT2D eigenvalue weighted by Gasteiger charge is 2.38. The molecule has 7 rings (SSSR count). The van der Waals surface area contributed by atoms with Crippen LogP contribution in [0.15, 0.2) is 41.2 Å². The molecule has 2 bridgehead atoms. The summed E-state index contributed by atoms with van der Waals surface area (Å²) in [6.45, 7) is 6.92. The van der Waals surface area contributed by atoms with Crippen LogP contribution in [0.1, 0.15) is 37.8 Å². The minimum absolute atomic E-state index is 0.0345. The van der Waals surface area contributed by atoms with E-state index in [9.17, 15) is 9.90 Å². The van der Waals surface area contributed by atoms with Crippen LogP contribution in [0.4, 0.5) is 5.69 Å². The molecule has 3 saturated heterocycles. The van der Waals surface area contributed by atoms with Gasteiger partial charge in [0.25, 0.3) is 5.56 Å². The summed E-state index contributed by atoms with van der Waals surface area (Å²) in [7, 11) is 0. The fraction of sp³-hybridized carbons (Fsp3) is 0.519. The Morgan fingerprint density at radius 1 is 1.06 bits per heavy atom. The average molecular weight is 460 g/mol. The highest BCUT2D eigenvalue weighted by atomic mass is 16.3. The van der Waals surface area contributed by atoms with Crippen LogP contribution in [0.3, 0.4) is 0 Å². The van der Waals surface area contributed by atoms with Crippen molar-refractivity contribution in [3.63, 3.8) is 0 Å². The summed E-state index contributed by atoms with van der Waals surface area (Å²) >= 11 is 0. The van der Waals surface area contributed by atoms with Gasteiger partial charge in [-0.25, -0.2) is 9.97 Å². The summed E-state index contributed by atoms with van der Waals surface area (Å²) in [6, 6.07) is 12.5. The van der Waals surface area contributed by atoms with Crippen LogP contribution < -0.4 is 10.5 Å². The summed E-state index contributed by atoms with van der Waals surface area (Å²) in [4.78, 5) is 28.7. The van der Waals surface area contributed by atoms with Crippen molar-refractivity contribution < 1.29 is 5.11 Å². The lowest BCUT2D eigenvalue weighted by molar-refractivity contribution is 0.0270. The quantitative estimate of drug-likeness (QED) is 0.632. The maximum absolute atomic E-state index is 14.0. The molecule has 2 aromatic heterocycles. The van der Waals surface area contributed by atoms with E-state index in [1.54, 1.807) is 4.57 Å². The Labute approximate surface area is 200 Å². The summed E-state index contributed by atoms with van der Waals surface area (Å²) in [5, 5.41) is 10.8. The normalized spacial score (nSPS) is 23.6. The van der Waals surface area contributed by atoms with Crippen molar-refractivity contribution in [2.75, 3.05) is 37.7 Å². The number of fused-ring (bicyclic) bond motifs is 5. The largest absolute Gasteiger partial charge is 0.396 e. The molecule has 0 radical (unpaired) electrons. The van der Waals surface area contributed by atoms with Crippen molar-refractivity contribution in [1.82, 2.24) is 19.4 Å². The third-order valence-electron chi connectivity index (χ3n) is 8.28. The lowest BCUT2D eigenvalue weighted by atomic mass is 9.69. The van der Waals surface area contributed by atoms with Crippen molar-refractivity contribution in [2.24, 2.45) is 5.41 Å². The summed E-state index contributed by atoms with van der Waals surface area (Å²) in [6.07, 6.45) is 5.31. The van der Waals surface area contributed by atoms with Gasteiger partial charge in [0, 0.05) is 55.6 Å². The molecule has 178 valence electrons. The lowest BCUT2D eigenvalue weighted by Gasteiger charge is -2.41. The fourth-order valence-corrected chi connectivity index (χ4v) is 6.00. The van der Waals surface area contributed by atoms with Gasteiger partial charge in [0.2, 0.25) is 0 Å². The van der Waals surface area contributed by atoms with E-state index in [-0.39, 0.29) is 17.6 Å². The molecule has 5 heterocycles. The minimum Gasteiger partial charge on any atom is -0.396 e. The van der Waals surface area contributed by atoms with Gasteiger partial charge in [-0.15, -0.1) is 0 Å². The predicted octanol–water partition coefficient (Wildman–Crippen LogP) is 3.21. The van der Waals surface area contributed by atoms with Crippen LogP contribution in [0.25, 0.3) is 22.4 Å². The molecule has 0 spiro atoms. The number of benzene rings is 1. The van der Waals surface area contributed by atoms with Gasteiger partial charge in [-0.1, -0.05) is 12.5 Å². The zero-order chi connectivity index (χ0) is 23.3. The number of piperidine rings is 1. The first-order valence-electron chi connectivity index (χ1n) is 12.6. The second-order valence-corrected chi connectivity index (χ2v) is 10.5. The number of rotatable bonds is 5. The van der Waals surface area contributed by atoms with Crippen molar-refractivity contribution in [2.45, 2.75) is 51.6 Å². The zero-order valence-corrected chi connectivity index (χ0v) is 19.9. The molecule has 7 nitrogen and oxygen atoms in total. The van der Waals surface area contributed by atoms with Crippen molar-refractivity contribution in [1.29, 1.82) is 0 Å². The summed E-state index contributed by atoms with van der Waals surface area (Å²) in [5.41, 5.74) is 3.14. The van der Waals surface area contributed by atoms with Crippen LogP contribution in [0.5, 0.6) is 0 Å². The average Bonchev–Trinajstić information content (AvgIpc) is 3.16. The SMILES string of the molecule is Cc1cccc(-c2nc3ccc(N4CCN5CCC4CC5)cc3c(=O)n2CC2(CO)CCC2)n1. The number of hydrogen-bond donors (Lipinski definition) is 1. The Morgan fingerprint density at radius 2 is 1.88 bits per heavy atom. The van der Waals surface area contributed by atoms with Gasteiger partial charge < -0.3 is 14.9 Å². The number of aliphatic hydroxyl groups is 1. The van der Waals surface area contributed by atoms with Crippen LogP contribution in [-0.2, 0) is 6.54 Å². The smallest absolute Gasteiger partial charge is 0.261 e. The van der Waals surface area contributed by atoms with Gasteiger partial charge in [-0.2, -0.15) is 0 Å². The molecule has 1 aromatic carbocycles. The molecule has 7 heteroatoms. The molecule has 3 aromatic rings. The van der Waals surface area contributed by atoms with Crippen molar-refractivity contribution in [3.05, 3.63) is 52.4 Å². The topological polar surface area (TPSA) is 74.5 Å². The third kappa shape index (κ3) is 3.71. The highest BCUT2D eigenvalue weighted by Crippen LogP contribution is 2.42. The number of anilines is 1. The maximum atomic E-state index is 14.0. The third-order valence-corrected chi connectivity index (χ3v) is 8.28. The molecule has 1 N–H and O–H groups in total. The summed E-state index contributed by atoms with van der Waals surface area (Å²) < 4.78 is 1.78. The first kappa shape index (κ1) is 21.7. The Hall–Kier alpha value is -2.77. The first-order chi connectivity index (χ1) is 16.5. The maximum Gasteiger partial charge on any atom is 0.261 e. The number of aromatic nitrogens is 3. The molecule has 3 aliphatic heterocycles. The molecule has 4 fully saturated rings. The number of aliphatic hydroxyl groups excluding tert-OH is 1. The van der Waals surface area contributed by atoms with Crippen LogP contribution in [0, 0.1) is 12.3 Å². The minimum atomic E-state index is -0.243. The van der Waals surface area contributed by atoms with Gasteiger partial charge in [-0.3, -0.25) is 9.36 Å². The van der Waals surface area contributed by atoms with E-state index in [2.05, 4.69) is 26.9 Å². The molecule has 1 saturated carbocycles. The van der Waals surface area contributed by atoms with E-state index < -0.39 is 0 Å². The molecular weight excluding hydrogens is 426 g/mol. The fourth-order valence-electron chi connectivity index (χ4n) is 6.00. The van der Waals surface area contributed by atoms with E-state index in [0.29, 0.717) is 35.0 Å². The van der Waals surface area contributed by atoms with E-state index in [1.807, 2.05) is 31.2 Å². The van der Waals surface area contributed by atoms with Crippen molar-refractivity contribution in [3.8, 4) is 11.5 Å². The lowest BCUT2D eigenvalue weighted by Crippen LogP contribution is -2.41. The van der Waals surface area contributed by atoms with E-state index in [4.69, 9.17) is 4.98 Å². The van der Waals surface area contributed by atoms with Crippen LogP contribution in [-0.4, -0.2) is 63.4 Å². The van der Waals surface area contributed by atoms with E-state index >= 15 is 0 Å². The van der Waals surface area contributed by atoms with Gasteiger partial charge in [-0.05, 0) is 62.9 Å². The Kier molecular flexibility index (Phi) is 5.41. The second kappa shape index (κ2) is 8.47. The highest BCUT2D eigenvalue weighted by molar-refractivity contribution is 5.83. The molecule has 0 amide bonds. The van der Waals surface area contributed by atoms with Gasteiger partial charge >= 0.3 is 0 Å².